The minimum atomic E-state index is -0.630. The van der Waals surface area contributed by atoms with Crippen molar-refractivity contribution < 1.29 is 28.5 Å². The lowest BCUT2D eigenvalue weighted by Crippen LogP contribution is -2.45. The number of hydrogen-bond acceptors (Lipinski definition) is 8. The van der Waals surface area contributed by atoms with Gasteiger partial charge in [-0.15, -0.1) is 0 Å². The fourth-order valence-electron chi connectivity index (χ4n) is 5.08. The number of carbonyl (C=O) groups excluding carboxylic acids is 2. The zero-order valence-corrected chi connectivity index (χ0v) is 24.4. The summed E-state index contributed by atoms with van der Waals surface area (Å²) in [6.07, 6.45) is 1.89. The van der Waals surface area contributed by atoms with Gasteiger partial charge in [-0.25, -0.2) is 0 Å². The minimum Gasteiger partial charge on any atom is -0.493 e. The number of ether oxygens (including phenoxy) is 4. The van der Waals surface area contributed by atoms with Gasteiger partial charge in [-0.3, -0.25) is 14.4 Å². The highest BCUT2D eigenvalue weighted by molar-refractivity contribution is 5.86. The van der Waals surface area contributed by atoms with Crippen LogP contribution in [0.25, 0.3) is 11.1 Å². The van der Waals surface area contributed by atoms with Gasteiger partial charge in [0, 0.05) is 26.1 Å². The highest BCUT2D eigenvalue weighted by Gasteiger charge is 2.30. The second-order valence-corrected chi connectivity index (χ2v) is 9.89. The van der Waals surface area contributed by atoms with E-state index in [1.807, 2.05) is 26.0 Å². The molecule has 0 saturated heterocycles. The van der Waals surface area contributed by atoms with Crippen LogP contribution in [0.1, 0.15) is 50.8 Å². The summed E-state index contributed by atoms with van der Waals surface area (Å²) in [5.74, 6) is 0.981. The fourth-order valence-corrected chi connectivity index (χ4v) is 5.08. The number of aryl methyl sites for hydroxylation is 1. The standard InChI is InChI=1S/C30H41N3O7/c1-8-17(2)27(30(36)31-13-14-37-4)33-23-12-10-20-21(16-24(23)35)22(32-18(3)34)11-9-19-15-25(38-5)28(39-6)29(40-7)26(19)20/h10,12,15-17,22,27H,8-9,11,13-14H2,1-7H3,(H,31,36)(H,32,34)(H,33,35)/t17-,22+,27+/m0/s1. The Bertz CT molecular complexity index is 1280. The van der Waals surface area contributed by atoms with Crippen LogP contribution < -0.4 is 35.6 Å². The van der Waals surface area contributed by atoms with Gasteiger partial charge in [0.1, 0.15) is 6.04 Å². The van der Waals surface area contributed by atoms with Crippen LogP contribution in [0.2, 0.25) is 0 Å². The molecule has 2 amide bonds. The van der Waals surface area contributed by atoms with E-state index in [0.717, 1.165) is 23.1 Å². The second-order valence-electron chi connectivity index (χ2n) is 9.89. The monoisotopic (exact) mass is 555 g/mol. The molecule has 0 aliphatic heterocycles. The zero-order valence-electron chi connectivity index (χ0n) is 24.4. The first-order chi connectivity index (χ1) is 19.2. The molecule has 0 unspecified atom stereocenters. The average molecular weight is 556 g/mol. The highest BCUT2D eigenvalue weighted by atomic mass is 16.5. The summed E-state index contributed by atoms with van der Waals surface area (Å²) in [5.41, 5.74) is 3.06. The number of hydrogen-bond donors (Lipinski definition) is 3. The van der Waals surface area contributed by atoms with Crippen molar-refractivity contribution in [2.45, 2.75) is 52.1 Å². The van der Waals surface area contributed by atoms with Crippen molar-refractivity contribution >= 4 is 17.5 Å². The van der Waals surface area contributed by atoms with E-state index in [9.17, 15) is 14.4 Å². The van der Waals surface area contributed by atoms with Crippen molar-refractivity contribution in [3.63, 3.8) is 0 Å². The van der Waals surface area contributed by atoms with E-state index in [1.165, 1.54) is 6.92 Å². The first-order valence-electron chi connectivity index (χ1n) is 13.5. The molecule has 0 fully saturated rings. The van der Waals surface area contributed by atoms with Crippen molar-refractivity contribution in [3.8, 4) is 28.4 Å². The Balaban J connectivity index is 2.22. The maximum Gasteiger partial charge on any atom is 0.242 e. The molecule has 2 aromatic carbocycles. The Kier molecular flexibility index (Phi) is 10.8. The lowest BCUT2D eigenvalue weighted by molar-refractivity contribution is -0.123. The van der Waals surface area contributed by atoms with Crippen LogP contribution in [0.3, 0.4) is 0 Å². The van der Waals surface area contributed by atoms with Gasteiger partial charge in [0.2, 0.25) is 23.0 Å². The first-order valence-corrected chi connectivity index (χ1v) is 13.5. The van der Waals surface area contributed by atoms with Crippen molar-refractivity contribution in [1.29, 1.82) is 0 Å². The molecule has 10 heteroatoms. The van der Waals surface area contributed by atoms with Gasteiger partial charge >= 0.3 is 0 Å². The molecule has 0 heterocycles. The quantitative estimate of drug-likeness (QED) is 0.340. The van der Waals surface area contributed by atoms with Crippen LogP contribution in [-0.2, 0) is 20.7 Å². The molecule has 1 aliphatic rings. The molecule has 3 atom stereocenters. The van der Waals surface area contributed by atoms with Crippen molar-refractivity contribution in [1.82, 2.24) is 10.6 Å². The Morgan fingerprint density at radius 3 is 2.38 bits per heavy atom. The average Bonchev–Trinajstić information content (AvgIpc) is 3.18. The van der Waals surface area contributed by atoms with E-state index < -0.39 is 12.1 Å². The predicted molar refractivity (Wildman–Crippen MR) is 154 cm³/mol. The molecule has 3 N–H and O–H groups in total. The molecule has 1 aliphatic carbocycles. The van der Waals surface area contributed by atoms with Crippen LogP contribution >= 0.6 is 0 Å². The Labute approximate surface area is 235 Å². The molecule has 0 spiro atoms. The molecule has 218 valence electrons. The van der Waals surface area contributed by atoms with E-state index in [-0.39, 0.29) is 28.8 Å². The number of anilines is 1. The van der Waals surface area contributed by atoms with Crippen LogP contribution in [-0.4, -0.2) is 59.4 Å². The van der Waals surface area contributed by atoms with Gasteiger partial charge in [0.15, 0.2) is 11.5 Å². The zero-order chi connectivity index (χ0) is 29.4. The number of rotatable bonds is 12. The van der Waals surface area contributed by atoms with E-state index in [1.54, 1.807) is 40.6 Å². The number of fused-ring (bicyclic) bond motifs is 3. The number of amides is 2. The molecule has 40 heavy (non-hydrogen) atoms. The third-order valence-corrected chi connectivity index (χ3v) is 7.33. The SMILES string of the molecule is CC[C@H](C)[C@@H](Nc1ccc2c(cc1=O)[C@H](NC(C)=O)CCc1cc(OC)c(OC)c(OC)c1-2)C(=O)NCCOC. The topological polar surface area (TPSA) is 124 Å². The largest absolute Gasteiger partial charge is 0.493 e. The Morgan fingerprint density at radius 2 is 1.77 bits per heavy atom. The fraction of sp³-hybridized carbons (Fsp3) is 0.500. The summed E-state index contributed by atoms with van der Waals surface area (Å²) in [7, 11) is 6.23. The summed E-state index contributed by atoms with van der Waals surface area (Å²) in [4.78, 5) is 38.9. The molecule has 10 nitrogen and oxygen atoms in total. The normalized spacial score (nSPS) is 15.4. The van der Waals surface area contributed by atoms with E-state index >= 15 is 0 Å². The molecule has 2 aromatic rings. The smallest absolute Gasteiger partial charge is 0.242 e. The van der Waals surface area contributed by atoms with Gasteiger partial charge in [-0.05, 0) is 53.6 Å². The number of benzene rings is 1. The maximum absolute atomic E-state index is 13.7. The summed E-state index contributed by atoms with van der Waals surface area (Å²) < 4.78 is 22.1. The second kappa shape index (κ2) is 14.0. The third-order valence-electron chi connectivity index (χ3n) is 7.33. The van der Waals surface area contributed by atoms with Gasteiger partial charge < -0.3 is 34.9 Å². The first kappa shape index (κ1) is 30.7. The van der Waals surface area contributed by atoms with Crippen molar-refractivity contribution in [2.24, 2.45) is 5.92 Å². The highest BCUT2D eigenvalue weighted by Crippen LogP contribution is 2.50. The molecule has 0 bridgehead atoms. The van der Waals surface area contributed by atoms with Crippen LogP contribution in [0.4, 0.5) is 5.69 Å². The lowest BCUT2D eigenvalue weighted by atomic mass is 9.95. The Hall–Kier alpha value is -3.79. The lowest BCUT2D eigenvalue weighted by Gasteiger charge is -2.24. The number of methoxy groups -OCH3 is 4. The van der Waals surface area contributed by atoms with E-state index in [4.69, 9.17) is 18.9 Å². The molecule has 0 saturated carbocycles. The minimum absolute atomic E-state index is 0.0463. The third kappa shape index (κ3) is 6.67. The van der Waals surface area contributed by atoms with Crippen LogP contribution in [0.5, 0.6) is 17.2 Å². The summed E-state index contributed by atoms with van der Waals surface area (Å²) in [6, 6.07) is 5.92. The summed E-state index contributed by atoms with van der Waals surface area (Å²) in [6.45, 7) is 6.17. The number of nitrogens with one attached hydrogen (secondary N) is 3. The van der Waals surface area contributed by atoms with Gasteiger partial charge in [0.05, 0.1) is 39.7 Å². The summed E-state index contributed by atoms with van der Waals surface area (Å²) in [5, 5.41) is 9.08. The van der Waals surface area contributed by atoms with Crippen molar-refractivity contribution in [3.05, 3.63) is 45.6 Å². The van der Waals surface area contributed by atoms with Crippen molar-refractivity contribution in [2.75, 3.05) is 46.9 Å². The molecular formula is C30H41N3O7. The maximum atomic E-state index is 13.7. The van der Waals surface area contributed by atoms with Gasteiger partial charge in [-0.1, -0.05) is 26.3 Å². The van der Waals surface area contributed by atoms with Gasteiger partial charge in [-0.2, -0.15) is 0 Å². The Morgan fingerprint density at radius 1 is 1.05 bits per heavy atom. The molecular weight excluding hydrogens is 514 g/mol. The van der Waals surface area contributed by atoms with Gasteiger partial charge in [0.25, 0.3) is 0 Å². The predicted octanol–water partition coefficient (Wildman–Crippen LogP) is 3.45. The van der Waals surface area contributed by atoms with Crippen LogP contribution in [0.15, 0.2) is 29.1 Å². The molecule has 0 aromatic heterocycles. The van der Waals surface area contributed by atoms with E-state index in [2.05, 4.69) is 16.0 Å². The summed E-state index contributed by atoms with van der Waals surface area (Å²) >= 11 is 0. The number of carbonyl (C=O) groups is 2. The molecule has 0 radical (unpaired) electrons. The van der Waals surface area contributed by atoms with E-state index in [0.29, 0.717) is 48.8 Å². The molecule has 3 rings (SSSR count). The van der Waals surface area contributed by atoms with Crippen LogP contribution in [0, 0.1) is 5.92 Å².